The van der Waals surface area contributed by atoms with Crippen molar-refractivity contribution in [1.29, 1.82) is 0 Å². The summed E-state index contributed by atoms with van der Waals surface area (Å²) >= 11 is 0. The fourth-order valence-electron chi connectivity index (χ4n) is 2.08. The Kier molecular flexibility index (Phi) is 4.63. The van der Waals surface area contributed by atoms with Gasteiger partial charge in [-0.1, -0.05) is 6.07 Å². The van der Waals surface area contributed by atoms with Gasteiger partial charge in [0.15, 0.2) is 0 Å². The van der Waals surface area contributed by atoms with Crippen LogP contribution in [0.1, 0.15) is 5.69 Å². The van der Waals surface area contributed by atoms with Crippen molar-refractivity contribution in [1.82, 2.24) is 20.2 Å². The largest absolute Gasteiger partial charge is 0.295 e. The van der Waals surface area contributed by atoms with Crippen molar-refractivity contribution < 1.29 is 4.79 Å². The molecule has 98 valence electrons. The minimum atomic E-state index is -0.131. The Morgan fingerprint density at radius 2 is 2.00 bits per heavy atom. The van der Waals surface area contributed by atoms with E-state index in [2.05, 4.69) is 20.2 Å². The normalized spacial score (nSPS) is 17.6. The fraction of sp³-hybridized carbons (Fsp3) is 0.500. The molecule has 2 rings (SSSR count). The number of carbonyl (C=O) groups is 1. The number of pyridine rings is 1. The first kappa shape index (κ1) is 12.9. The van der Waals surface area contributed by atoms with E-state index in [0.717, 1.165) is 38.4 Å². The van der Waals surface area contributed by atoms with Crippen LogP contribution in [0.5, 0.6) is 0 Å². The Morgan fingerprint density at radius 1 is 1.28 bits per heavy atom. The van der Waals surface area contributed by atoms with Gasteiger partial charge in [0.1, 0.15) is 0 Å². The zero-order chi connectivity index (χ0) is 12.8. The first-order chi connectivity index (χ1) is 8.78. The molecule has 1 saturated heterocycles. The molecule has 0 unspecified atom stereocenters. The molecule has 1 amide bonds. The summed E-state index contributed by atoms with van der Waals surface area (Å²) in [5.41, 5.74) is 3.25. The van der Waals surface area contributed by atoms with Crippen molar-refractivity contribution in [2.45, 2.75) is 6.54 Å². The lowest BCUT2D eigenvalue weighted by atomic mass is 10.2. The van der Waals surface area contributed by atoms with Gasteiger partial charge < -0.3 is 0 Å². The Balaban J connectivity index is 1.75. The summed E-state index contributed by atoms with van der Waals surface area (Å²) in [6, 6.07) is 5.96. The van der Waals surface area contributed by atoms with E-state index in [9.17, 15) is 4.79 Å². The van der Waals surface area contributed by atoms with Gasteiger partial charge >= 0.3 is 0 Å². The lowest BCUT2D eigenvalue weighted by molar-refractivity contribution is -0.122. The molecule has 0 atom stereocenters. The summed E-state index contributed by atoms with van der Waals surface area (Å²) in [6.07, 6.45) is 1.82. The highest BCUT2D eigenvalue weighted by molar-refractivity contribution is 5.77. The predicted molar refractivity (Wildman–Crippen MR) is 68.3 cm³/mol. The van der Waals surface area contributed by atoms with Gasteiger partial charge in [0, 0.05) is 38.9 Å². The Morgan fingerprint density at radius 3 is 2.61 bits per heavy atom. The zero-order valence-corrected chi connectivity index (χ0v) is 10.4. The Labute approximate surface area is 107 Å². The summed E-state index contributed by atoms with van der Waals surface area (Å²) in [7, 11) is 0. The average Bonchev–Trinajstić information content (AvgIpc) is 2.42. The van der Waals surface area contributed by atoms with Gasteiger partial charge in [-0.25, -0.2) is 5.84 Å². The van der Waals surface area contributed by atoms with Crippen molar-refractivity contribution in [2.75, 3.05) is 32.7 Å². The number of aromatic nitrogens is 1. The predicted octanol–water partition coefficient (Wildman–Crippen LogP) is -0.811. The minimum absolute atomic E-state index is 0.131. The van der Waals surface area contributed by atoms with E-state index in [4.69, 9.17) is 5.84 Å². The van der Waals surface area contributed by atoms with Crippen LogP contribution in [0, 0.1) is 0 Å². The molecule has 0 spiro atoms. The van der Waals surface area contributed by atoms with E-state index in [1.807, 2.05) is 24.4 Å². The number of hydrogen-bond donors (Lipinski definition) is 2. The molecule has 0 aliphatic carbocycles. The van der Waals surface area contributed by atoms with E-state index >= 15 is 0 Å². The standard InChI is InChI=1S/C12H19N5O/c13-15-12(18)10-17-7-5-16(6-8-17)9-11-3-1-2-4-14-11/h1-4H,5-10,13H2,(H,15,18). The SMILES string of the molecule is NNC(=O)CN1CCN(Cc2ccccn2)CC1. The molecule has 1 aromatic rings. The summed E-state index contributed by atoms with van der Waals surface area (Å²) in [6.45, 7) is 4.94. The maximum absolute atomic E-state index is 11.2. The molecule has 1 aliphatic rings. The van der Waals surface area contributed by atoms with Gasteiger partial charge in [0.25, 0.3) is 0 Å². The molecule has 2 heterocycles. The highest BCUT2D eigenvalue weighted by atomic mass is 16.2. The quantitative estimate of drug-likeness (QED) is 0.415. The number of piperazine rings is 1. The average molecular weight is 249 g/mol. The third-order valence-electron chi connectivity index (χ3n) is 3.10. The highest BCUT2D eigenvalue weighted by Gasteiger charge is 2.18. The zero-order valence-electron chi connectivity index (χ0n) is 10.4. The summed E-state index contributed by atoms with van der Waals surface area (Å²) in [4.78, 5) is 19.9. The number of nitrogens with zero attached hydrogens (tertiary/aromatic N) is 3. The second kappa shape index (κ2) is 6.44. The lowest BCUT2D eigenvalue weighted by Crippen LogP contribution is -2.49. The third kappa shape index (κ3) is 3.76. The number of hydrogen-bond acceptors (Lipinski definition) is 5. The van der Waals surface area contributed by atoms with Crippen LogP contribution >= 0.6 is 0 Å². The van der Waals surface area contributed by atoms with Crippen LogP contribution < -0.4 is 11.3 Å². The van der Waals surface area contributed by atoms with Crippen LogP contribution in [0.4, 0.5) is 0 Å². The molecule has 6 heteroatoms. The number of amides is 1. The summed E-state index contributed by atoms with van der Waals surface area (Å²) in [5.74, 6) is 4.94. The second-order valence-electron chi connectivity index (χ2n) is 4.44. The molecular formula is C12H19N5O. The van der Waals surface area contributed by atoms with Crippen LogP contribution in [0.2, 0.25) is 0 Å². The number of nitrogens with one attached hydrogen (secondary N) is 1. The Bertz CT molecular complexity index is 375. The van der Waals surface area contributed by atoms with Crippen LogP contribution in [-0.4, -0.2) is 53.4 Å². The lowest BCUT2D eigenvalue weighted by Gasteiger charge is -2.33. The molecule has 0 radical (unpaired) electrons. The number of rotatable bonds is 4. The van der Waals surface area contributed by atoms with Crippen molar-refractivity contribution in [3.05, 3.63) is 30.1 Å². The van der Waals surface area contributed by atoms with Gasteiger partial charge in [-0.15, -0.1) is 0 Å². The smallest absolute Gasteiger partial charge is 0.248 e. The van der Waals surface area contributed by atoms with Crippen molar-refractivity contribution >= 4 is 5.91 Å². The van der Waals surface area contributed by atoms with E-state index < -0.39 is 0 Å². The number of hydrazine groups is 1. The van der Waals surface area contributed by atoms with Crippen LogP contribution in [0.15, 0.2) is 24.4 Å². The van der Waals surface area contributed by atoms with Gasteiger partial charge in [-0.3, -0.25) is 25.0 Å². The summed E-state index contributed by atoms with van der Waals surface area (Å²) in [5, 5.41) is 0. The van der Waals surface area contributed by atoms with Crippen LogP contribution in [0.25, 0.3) is 0 Å². The molecular weight excluding hydrogens is 230 g/mol. The first-order valence-corrected chi connectivity index (χ1v) is 6.12. The van der Waals surface area contributed by atoms with Gasteiger partial charge in [-0.2, -0.15) is 0 Å². The van der Waals surface area contributed by atoms with E-state index in [0.29, 0.717) is 6.54 Å². The van der Waals surface area contributed by atoms with Crippen molar-refractivity contribution in [3.63, 3.8) is 0 Å². The highest BCUT2D eigenvalue weighted by Crippen LogP contribution is 2.06. The van der Waals surface area contributed by atoms with E-state index in [-0.39, 0.29) is 5.91 Å². The molecule has 6 nitrogen and oxygen atoms in total. The number of nitrogens with two attached hydrogens (primary N) is 1. The van der Waals surface area contributed by atoms with Crippen LogP contribution in [-0.2, 0) is 11.3 Å². The second-order valence-corrected chi connectivity index (χ2v) is 4.44. The Hall–Kier alpha value is -1.50. The third-order valence-corrected chi connectivity index (χ3v) is 3.10. The first-order valence-electron chi connectivity index (χ1n) is 6.12. The summed E-state index contributed by atoms with van der Waals surface area (Å²) < 4.78 is 0. The van der Waals surface area contributed by atoms with Gasteiger partial charge in [0.2, 0.25) is 5.91 Å². The molecule has 1 aliphatic heterocycles. The molecule has 0 bridgehead atoms. The van der Waals surface area contributed by atoms with Gasteiger partial charge in [0.05, 0.1) is 12.2 Å². The molecule has 0 aromatic carbocycles. The van der Waals surface area contributed by atoms with Crippen molar-refractivity contribution in [3.8, 4) is 0 Å². The maximum Gasteiger partial charge on any atom is 0.248 e. The number of carbonyl (C=O) groups excluding carboxylic acids is 1. The van der Waals surface area contributed by atoms with E-state index in [1.165, 1.54) is 0 Å². The fourth-order valence-corrected chi connectivity index (χ4v) is 2.08. The molecule has 1 aromatic heterocycles. The van der Waals surface area contributed by atoms with E-state index in [1.54, 1.807) is 0 Å². The molecule has 0 saturated carbocycles. The van der Waals surface area contributed by atoms with Gasteiger partial charge in [-0.05, 0) is 12.1 Å². The van der Waals surface area contributed by atoms with Crippen molar-refractivity contribution in [2.24, 2.45) is 5.84 Å². The maximum atomic E-state index is 11.2. The molecule has 3 N–H and O–H groups in total. The topological polar surface area (TPSA) is 74.5 Å². The molecule has 18 heavy (non-hydrogen) atoms. The minimum Gasteiger partial charge on any atom is -0.295 e. The monoisotopic (exact) mass is 249 g/mol. The van der Waals surface area contributed by atoms with Crippen LogP contribution in [0.3, 0.4) is 0 Å². The molecule has 1 fully saturated rings.